The van der Waals surface area contributed by atoms with E-state index in [1.807, 2.05) is 48.5 Å². The summed E-state index contributed by atoms with van der Waals surface area (Å²) in [5, 5.41) is 5.61. The lowest BCUT2D eigenvalue weighted by atomic mass is 9.34. The molecule has 10 aromatic rings. The molecular formula is C58H34B2F6. The zero-order valence-corrected chi connectivity index (χ0v) is 36.1. The van der Waals surface area contributed by atoms with Crippen LogP contribution in [0.25, 0.3) is 99.1 Å². The van der Waals surface area contributed by atoms with Gasteiger partial charge in [0, 0.05) is 0 Å². The lowest BCUT2D eigenvalue weighted by molar-refractivity contribution is -0.138. The lowest BCUT2D eigenvalue weighted by Crippen LogP contribution is -2.53. The monoisotopic (exact) mass is 866 g/mol. The van der Waals surface area contributed by atoms with Crippen molar-refractivity contribution in [3.05, 3.63) is 167 Å². The molecule has 14 rings (SSSR count). The molecule has 4 aliphatic heterocycles. The van der Waals surface area contributed by atoms with Crippen molar-refractivity contribution >= 4 is 78.5 Å². The van der Waals surface area contributed by atoms with Gasteiger partial charge in [0.05, 0.1) is 11.1 Å². The van der Waals surface area contributed by atoms with Crippen LogP contribution in [-0.2, 0) is 12.4 Å². The van der Waals surface area contributed by atoms with Gasteiger partial charge in [-0.05, 0) is 185 Å². The first kappa shape index (κ1) is 38.2. The second-order valence-electron chi connectivity index (χ2n) is 19.0. The van der Waals surface area contributed by atoms with Gasteiger partial charge >= 0.3 is 12.4 Å². The molecule has 0 radical (unpaired) electrons. The van der Waals surface area contributed by atoms with E-state index in [9.17, 15) is 0 Å². The quantitative estimate of drug-likeness (QED) is 0.0923. The van der Waals surface area contributed by atoms with E-state index in [1.54, 1.807) is 0 Å². The van der Waals surface area contributed by atoms with Gasteiger partial charge in [-0.1, -0.05) is 130 Å². The van der Waals surface area contributed by atoms with E-state index in [0.717, 1.165) is 132 Å². The smallest absolute Gasteiger partial charge is 0.166 e. The third kappa shape index (κ3) is 4.69. The number of rotatable bonds is 2. The number of hydrogen-bond donors (Lipinski definition) is 0. The van der Waals surface area contributed by atoms with E-state index in [-0.39, 0.29) is 13.4 Å². The van der Waals surface area contributed by atoms with E-state index < -0.39 is 23.5 Å². The van der Waals surface area contributed by atoms with Crippen LogP contribution in [0.4, 0.5) is 26.3 Å². The first-order chi connectivity index (χ1) is 31.7. The summed E-state index contributed by atoms with van der Waals surface area (Å²) in [7, 11) is 0. The number of benzene rings is 10. The minimum atomic E-state index is -4.60. The fourth-order valence-corrected chi connectivity index (χ4v) is 13.1. The summed E-state index contributed by atoms with van der Waals surface area (Å²) in [6.07, 6.45) is -9.20. The molecule has 0 atom stereocenters. The van der Waals surface area contributed by atoms with Crippen molar-refractivity contribution in [1.82, 2.24) is 0 Å². The van der Waals surface area contributed by atoms with Gasteiger partial charge in [-0.3, -0.25) is 0 Å². The molecule has 0 unspecified atom stereocenters. The van der Waals surface area contributed by atoms with Crippen LogP contribution >= 0.6 is 0 Å². The largest absolute Gasteiger partial charge is 0.416 e. The average Bonchev–Trinajstić information content (AvgIpc) is 3.80. The summed E-state index contributed by atoms with van der Waals surface area (Å²) in [6.45, 7) is 7.64. The second-order valence-corrected chi connectivity index (χ2v) is 19.0. The lowest BCUT2D eigenvalue weighted by Gasteiger charge is -2.33. The summed E-state index contributed by atoms with van der Waals surface area (Å²) < 4.78 is 91.0. The highest BCUT2D eigenvalue weighted by Crippen LogP contribution is 2.53. The maximum Gasteiger partial charge on any atom is 0.416 e. The van der Waals surface area contributed by atoms with Gasteiger partial charge in [-0.15, -0.1) is 0 Å². The molecule has 0 aliphatic carbocycles. The van der Waals surface area contributed by atoms with Gasteiger partial charge in [-0.25, -0.2) is 0 Å². The van der Waals surface area contributed by atoms with Gasteiger partial charge < -0.3 is 0 Å². The van der Waals surface area contributed by atoms with Crippen LogP contribution in [0.5, 0.6) is 0 Å². The Bertz CT molecular complexity index is 3620. The molecule has 0 nitrogen and oxygen atoms in total. The molecule has 10 aromatic carbocycles. The third-order valence-corrected chi connectivity index (χ3v) is 15.6. The highest BCUT2D eigenvalue weighted by molar-refractivity contribution is 7.03. The van der Waals surface area contributed by atoms with Crippen molar-refractivity contribution in [2.75, 3.05) is 0 Å². The molecular weight excluding hydrogens is 832 g/mol. The molecule has 0 aromatic heterocycles. The predicted octanol–water partition coefficient (Wildman–Crippen LogP) is 12.1. The van der Waals surface area contributed by atoms with Crippen molar-refractivity contribution < 1.29 is 26.3 Å². The average molecular weight is 867 g/mol. The predicted molar refractivity (Wildman–Crippen MR) is 261 cm³/mol. The molecule has 4 aliphatic rings. The molecule has 0 bridgehead atoms. The standard InChI is InChI=1S/C58H34B2F6/c1-27-11-9-12-28(2)49(27)35-23-37-43-21-31(57(61,62)63)19-41-33-15-6-8-18-46(33)60(55(41)43)48-26-40-36(50-29(3)13-10-14-30(50)4)24-38-44-22-32(58(64,65)66)20-42-34-16-5-7-17-45(34)59(56(42)44)47-25-39(35)53(51(37)48)54(40)52(38)47/h5-26H,1-4H3. The molecule has 0 saturated carbocycles. The van der Waals surface area contributed by atoms with Crippen LogP contribution < -0.4 is 32.8 Å². The van der Waals surface area contributed by atoms with Crippen LogP contribution in [0.2, 0.25) is 0 Å². The first-order valence-electron chi connectivity index (χ1n) is 22.4. The SMILES string of the molecule is Cc1cccc(C)c1-c1cc2c3c(cc4c(-c5c(C)cccc5C)cc5c6c(cc1c3c46)B1c3ccccc3-c3cc(C(F)(F)F)cc-5c31)B1c3ccccc3-c3cc(C(F)(F)F)cc-2c31. The number of alkyl halides is 6. The maximum absolute atomic E-state index is 15.2. The maximum atomic E-state index is 15.2. The minimum absolute atomic E-state index is 0.351. The highest BCUT2D eigenvalue weighted by atomic mass is 19.4. The zero-order valence-electron chi connectivity index (χ0n) is 36.1. The Hall–Kier alpha value is -7.05. The Morgan fingerprint density at radius 1 is 0.318 bits per heavy atom. The zero-order chi connectivity index (χ0) is 45.0. The Balaban J connectivity index is 1.27. The number of fused-ring (bicyclic) bond motifs is 10. The van der Waals surface area contributed by atoms with Crippen molar-refractivity contribution in [3.63, 3.8) is 0 Å². The molecule has 314 valence electrons. The van der Waals surface area contributed by atoms with E-state index in [0.29, 0.717) is 22.3 Å². The fraction of sp³-hybridized carbons (Fsp3) is 0.103. The van der Waals surface area contributed by atoms with Gasteiger partial charge in [-0.2, -0.15) is 26.3 Å². The van der Waals surface area contributed by atoms with Crippen molar-refractivity contribution in [3.8, 4) is 66.8 Å². The van der Waals surface area contributed by atoms with Gasteiger partial charge in [0.25, 0.3) is 0 Å². The number of halogens is 6. The van der Waals surface area contributed by atoms with Crippen molar-refractivity contribution in [1.29, 1.82) is 0 Å². The van der Waals surface area contributed by atoms with Crippen molar-refractivity contribution in [2.24, 2.45) is 0 Å². The molecule has 66 heavy (non-hydrogen) atoms. The Labute approximate surface area is 377 Å². The summed E-state index contributed by atoms with van der Waals surface area (Å²) in [6, 6.07) is 42.4. The minimum Gasteiger partial charge on any atom is -0.166 e. The molecule has 4 heterocycles. The molecule has 0 saturated heterocycles. The molecule has 0 N–H and O–H groups in total. The van der Waals surface area contributed by atoms with E-state index in [2.05, 4.69) is 88.4 Å². The normalized spacial score (nSPS) is 13.8. The topological polar surface area (TPSA) is 0 Å². The van der Waals surface area contributed by atoms with Crippen LogP contribution in [0.15, 0.2) is 133 Å². The third-order valence-electron chi connectivity index (χ3n) is 15.6. The summed E-state index contributed by atoms with van der Waals surface area (Å²) in [4.78, 5) is 0. The van der Waals surface area contributed by atoms with Gasteiger partial charge in [0.15, 0.2) is 0 Å². The van der Waals surface area contributed by atoms with Crippen LogP contribution in [0.3, 0.4) is 0 Å². The van der Waals surface area contributed by atoms with E-state index in [1.165, 1.54) is 24.3 Å². The second kappa shape index (κ2) is 12.4. The molecule has 0 amide bonds. The summed E-state index contributed by atoms with van der Waals surface area (Å²) >= 11 is 0. The first-order valence-corrected chi connectivity index (χ1v) is 22.4. The summed E-state index contributed by atoms with van der Waals surface area (Å²) in [5.41, 5.74) is 17.8. The number of aryl methyl sites for hydroxylation is 4. The van der Waals surface area contributed by atoms with E-state index >= 15 is 26.3 Å². The van der Waals surface area contributed by atoms with Crippen LogP contribution in [0, 0.1) is 27.7 Å². The molecule has 0 spiro atoms. The van der Waals surface area contributed by atoms with Crippen LogP contribution in [0.1, 0.15) is 33.4 Å². The Morgan fingerprint density at radius 3 is 1.03 bits per heavy atom. The fourth-order valence-electron chi connectivity index (χ4n) is 13.1. The number of hydrogen-bond acceptors (Lipinski definition) is 0. The molecule has 8 heteroatoms. The van der Waals surface area contributed by atoms with Gasteiger partial charge in [0.1, 0.15) is 0 Å². The van der Waals surface area contributed by atoms with E-state index in [4.69, 9.17) is 0 Å². The summed E-state index contributed by atoms with van der Waals surface area (Å²) in [5.74, 6) is 0. The van der Waals surface area contributed by atoms with Crippen LogP contribution in [-0.4, -0.2) is 13.4 Å². The molecule has 0 fully saturated rings. The Morgan fingerprint density at radius 2 is 0.667 bits per heavy atom. The van der Waals surface area contributed by atoms with Crippen molar-refractivity contribution in [2.45, 2.75) is 40.0 Å². The van der Waals surface area contributed by atoms with Gasteiger partial charge in [0.2, 0.25) is 13.4 Å². The highest BCUT2D eigenvalue weighted by Gasteiger charge is 2.47. The Kier molecular flexibility index (Phi) is 7.20.